The van der Waals surface area contributed by atoms with E-state index in [2.05, 4.69) is 10.2 Å². The third-order valence-corrected chi connectivity index (χ3v) is 6.14. The Balaban J connectivity index is 1.38. The topological polar surface area (TPSA) is 156 Å². The van der Waals surface area contributed by atoms with Crippen LogP contribution in [0.4, 0.5) is 9.59 Å². The van der Waals surface area contributed by atoms with Gasteiger partial charge in [-0.2, -0.15) is 18.2 Å². The lowest BCUT2D eigenvalue weighted by Gasteiger charge is -2.28. The molecular weight excluding hydrogens is 482 g/mol. The molecule has 3 rings (SSSR count). The Hall–Kier alpha value is -2.94. The first-order valence-electron chi connectivity index (χ1n) is 11.1. The molecule has 13 nitrogen and oxygen atoms in total. The smallest absolute Gasteiger partial charge is 0.422 e. The largest absolute Gasteiger partial charge is 0.443 e. The number of hydroxylamine groups is 3. The lowest BCUT2D eigenvalue weighted by Crippen LogP contribution is -2.50. The number of benzene rings is 1. The van der Waals surface area contributed by atoms with Gasteiger partial charge in [0.2, 0.25) is 0 Å². The number of urea groups is 1. The predicted molar refractivity (Wildman–Crippen MR) is 122 cm³/mol. The van der Waals surface area contributed by atoms with E-state index in [-0.39, 0.29) is 31.8 Å². The Labute approximate surface area is 204 Å². The minimum atomic E-state index is -4.16. The Morgan fingerprint density at radius 1 is 1.14 bits per heavy atom. The third kappa shape index (κ3) is 7.78. The van der Waals surface area contributed by atoms with Crippen molar-refractivity contribution >= 4 is 28.2 Å². The van der Waals surface area contributed by atoms with E-state index < -0.39 is 33.9 Å². The summed E-state index contributed by atoms with van der Waals surface area (Å²) < 4.78 is 32.4. The lowest BCUT2D eigenvalue weighted by atomic mass is 10.0. The number of hydrogen-bond acceptors (Lipinski definition) is 8. The highest BCUT2D eigenvalue weighted by atomic mass is 32.2. The van der Waals surface area contributed by atoms with Gasteiger partial charge in [0.25, 0.3) is 5.91 Å². The van der Waals surface area contributed by atoms with E-state index in [9.17, 15) is 22.8 Å². The summed E-state index contributed by atoms with van der Waals surface area (Å²) in [6.45, 7) is 4.96. The molecule has 4 amide bonds. The number of hydrogen-bond donors (Lipinski definition) is 3. The van der Waals surface area contributed by atoms with Crippen LogP contribution in [0, 0.1) is 0 Å². The number of carbonyl (C=O) groups is 3. The normalized spacial score (nSPS) is 20.0. The van der Waals surface area contributed by atoms with Crippen LogP contribution in [0.2, 0.25) is 0 Å². The molecule has 0 aliphatic carbocycles. The number of piperidine rings is 1. The van der Waals surface area contributed by atoms with Crippen molar-refractivity contribution in [3.05, 3.63) is 35.9 Å². The number of amides is 4. The Morgan fingerprint density at radius 3 is 2.54 bits per heavy atom. The van der Waals surface area contributed by atoms with Gasteiger partial charge in [-0.25, -0.2) is 19.8 Å². The summed E-state index contributed by atoms with van der Waals surface area (Å²) in [4.78, 5) is 49.1. The predicted octanol–water partition coefficient (Wildman–Crippen LogP) is 0.794. The number of nitrogens with zero attached hydrogens (tertiary/aromatic N) is 2. The van der Waals surface area contributed by atoms with E-state index in [1.807, 2.05) is 30.3 Å². The second-order valence-electron chi connectivity index (χ2n) is 9.08. The zero-order valence-electron chi connectivity index (χ0n) is 19.9. The Bertz CT molecular complexity index is 1010. The van der Waals surface area contributed by atoms with Crippen LogP contribution in [-0.4, -0.2) is 73.8 Å². The fourth-order valence-corrected chi connectivity index (χ4v) is 4.34. The molecule has 0 aromatic heterocycles. The molecule has 0 radical (unpaired) electrons. The quantitative estimate of drug-likeness (QED) is 0.306. The number of rotatable bonds is 10. The molecule has 1 aromatic carbocycles. The van der Waals surface area contributed by atoms with Crippen LogP contribution in [0.3, 0.4) is 0 Å². The average molecular weight is 514 g/mol. The summed E-state index contributed by atoms with van der Waals surface area (Å²) in [5, 5.41) is 1.33. The van der Waals surface area contributed by atoms with E-state index in [1.54, 1.807) is 25.5 Å². The van der Waals surface area contributed by atoms with Crippen molar-refractivity contribution in [2.24, 2.45) is 0 Å². The first-order valence-corrected chi connectivity index (χ1v) is 12.6. The molecule has 2 aliphatic rings. The molecule has 2 atom stereocenters. The second-order valence-corrected chi connectivity index (χ2v) is 10.6. The van der Waals surface area contributed by atoms with E-state index in [1.165, 1.54) is 9.96 Å². The third-order valence-electron chi connectivity index (χ3n) is 5.12. The molecule has 2 heterocycles. The molecule has 194 valence electrons. The van der Waals surface area contributed by atoms with Gasteiger partial charge >= 0.3 is 22.3 Å². The molecule has 0 spiro atoms. The van der Waals surface area contributed by atoms with Gasteiger partial charge in [0.1, 0.15) is 18.2 Å². The highest BCUT2D eigenvalue weighted by Gasteiger charge is 2.48. The van der Waals surface area contributed by atoms with Crippen LogP contribution in [0.25, 0.3) is 0 Å². The van der Waals surface area contributed by atoms with Gasteiger partial charge in [0.15, 0.2) is 0 Å². The summed E-state index contributed by atoms with van der Waals surface area (Å²) in [6, 6.07) is 8.21. The van der Waals surface area contributed by atoms with E-state index in [0.29, 0.717) is 19.4 Å². The minimum Gasteiger partial charge on any atom is -0.443 e. The van der Waals surface area contributed by atoms with E-state index in [0.717, 1.165) is 5.56 Å². The fourth-order valence-electron chi connectivity index (χ4n) is 3.65. The van der Waals surface area contributed by atoms with Crippen molar-refractivity contribution < 1.29 is 37.2 Å². The Morgan fingerprint density at radius 2 is 1.86 bits per heavy atom. The highest BCUT2D eigenvalue weighted by molar-refractivity contribution is 7.88. The SMILES string of the molecule is CC(C)(C)OC(=O)NS(=O)(=O)NCCONC(=O)[C@@H]1CC[C@H]2CN1C(=O)N2OCc1ccccc1. The molecule has 2 saturated heterocycles. The van der Waals surface area contributed by atoms with Gasteiger partial charge in [-0.15, -0.1) is 0 Å². The summed E-state index contributed by atoms with van der Waals surface area (Å²) in [7, 11) is -4.16. The zero-order chi connectivity index (χ0) is 25.6. The van der Waals surface area contributed by atoms with Gasteiger partial charge < -0.3 is 9.64 Å². The molecule has 2 fully saturated rings. The van der Waals surface area contributed by atoms with Gasteiger partial charge in [-0.1, -0.05) is 30.3 Å². The average Bonchev–Trinajstić information content (AvgIpc) is 3.00. The van der Waals surface area contributed by atoms with Crippen LogP contribution >= 0.6 is 0 Å². The first kappa shape index (κ1) is 26.7. The van der Waals surface area contributed by atoms with Crippen molar-refractivity contribution in [3.8, 4) is 0 Å². The summed E-state index contributed by atoms with van der Waals surface area (Å²) in [5.41, 5.74) is 2.32. The van der Waals surface area contributed by atoms with Crippen molar-refractivity contribution in [3.63, 3.8) is 0 Å². The molecule has 0 saturated carbocycles. The van der Waals surface area contributed by atoms with Crippen molar-refractivity contribution in [1.82, 2.24) is 24.9 Å². The molecule has 2 aliphatic heterocycles. The molecule has 0 unspecified atom stereocenters. The maximum absolute atomic E-state index is 12.8. The second kappa shape index (κ2) is 11.2. The summed E-state index contributed by atoms with van der Waals surface area (Å²) >= 11 is 0. The van der Waals surface area contributed by atoms with Crippen LogP contribution in [0.1, 0.15) is 39.2 Å². The molecule has 2 bridgehead atoms. The number of nitrogens with one attached hydrogen (secondary N) is 3. The molecule has 14 heteroatoms. The molecule has 1 aromatic rings. The van der Waals surface area contributed by atoms with Crippen molar-refractivity contribution in [2.75, 3.05) is 19.7 Å². The number of fused-ring (bicyclic) bond motifs is 2. The van der Waals surface area contributed by atoms with E-state index in [4.69, 9.17) is 14.4 Å². The molecule has 3 N–H and O–H groups in total. The molecular formula is C21H31N5O8S. The van der Waals surface area contributed by atoms with Gasteiger partial charge in [0, 0.05) is 13.1 Å². The molecule has 35 heavy (non-hydrogen) atoms. The number of carbonyl (C=O) groups excluding carboxylic acids is 3. The van der Waals surface area contributed by atoms with Gasteiger partial charge in [0.05, 0.1) is 12.6 Å². The van der Waals surface area contributed by atoms with Crippen molar-refractivity contribution in [2.45, 2.75) is 57.9 Å². The first-order chi connectivity index (χ1) is 16.5. The zero-order valence-corrected chi connectivity index (χ0v) is 20.7. The van der Waals surface area contributed by atoms with Crippen molar-refractivity contribution in [1.29, 1.82) is 0 Å². The maximum Gasteiger partial charge on any atom is 0.422 e. The summed E-state index contributed by atoms with van der Waals surface area (Å²) in [6.07, 6.45) is -0.0963. The van der Waals surface area contributed by atoms with Crippen LogP contribution in [-0.2, 0) is 36.0 Å². The number of ether oxygens (including phenoxy) is 1. The minimum absolute atomic E-state index is 0.136. The monoisotopic (exact) mass is 513 g/mol. The fraction of sp³-hybridized carbons (Fsp3) is 0.571. The van der Waals surface area contributed by atoms with Gasteiger partial charge in [-0.05, 0) is 39.2 Å². The summed E-state index contributed by atoms with van der Waals surface area (Å²) in [5.74, 6) is -0.517. The lowest BCUT2D eigenvalue weighted by molar-refractivity contribution is -0.141. The van der Waals surface area contributed by atoms with E-state index >= 15 is 0 Å². The van der Waals surface area contributed by atoms with Crippen LogP contribution in [0.5, 0.6) is 0 Å². The Kier molecular flexibility index (Phi) is 8.53. The standard InChI is InChI=1S/C21H31N5O8S/c1-21(2,3)34-19(28)24-35(30,31)22-11-12-32-23-18(27)17-10-9-16-13-25(17)20(29)26(16)33-14-15-7-5-4-6-8-15/h4-8,16-17,22H,9-14H2,1-3H3,(H,23,27)(H,24,28)/t16-,17-/m0/s1. The van der Waals surface area contributed by atoms with Gasteiger partial charge in [-0.3, -0.25) is 14.5 Å². The van der Waals surface area contributed by atoms with Crippen LogP contribution < -0.4 is 14.9 Å². The highest BCUT2D eigenvalue weighted by Crippen LogP contribution is 2.30. The maximum atomic E-state index is 12.8. The van der Waals surface area contributed by atoms with Crippen LogP contribution in [0.15, 0.2) is 30.3 Å².